The van der Waals surface area contributed by atoms with Crippen LogP contribution in [-0.2, 0) is 20.1 Å². The number of nitrogens with zero attached hydrogens (tertiary/aromatic N) is 4. The van der Waals surface area contributed by atoms with Crippen LogP contribution in [0.1, 0.15) is 18.3 Å². The lowest BCUT2D eigenvalue weighted by Crippen LogP contribution is -2.08. The van der Waals surface area contributed by atoms with E-state index >= 15 is 0 Å². The summed E-state index contributed by atoms with van der Waals surface area (Å²) in [6.07, 6.45) is 0.726. The van der Waals surface area contributed by atoms with E-state index in [9.17, 15) is 0 Å². The summed E-state index contributed by atoms with van der Waals surface area (Å²) in [5, 5.41) is 11.7. The fraction of sp³-hybridized carbons (Fsp3) is 0.462. The summed E-state index contributed by atoms with van der Waals surface area (Å²) >= 11 is 0. The van der Waals surface area contributed by atoms with Crippen LogP contribution >= 0.6 is 0 Å². The number of hydrogen-bond acceptors (Lipinski definition) is 6. The zero-order valence-electron chi connectivity index (χ0n) is 11.7. The molecule has 0 saturated carbocycles. The maximum absolute atomic E-state index is 5.81. The minimum Gasteiger partial charge on any atom is -0.490 e. The van der Waals surface area contributed by atoms with Gasteiger partial charge in [0.1, 0.15) is 0 Å². The largest absolute Gasteiger partial charge is 0.490 e. The van der Waals surface area contributed by atoms with Crippen LogP contribution in [0.5, 0.6) is 11.5 Å². The van der Waals surface area contributed by atoms with Crippen LogP contribution in [0.4, 0.5) is 0 Å². The Morgan fingerprint density at radius 2 is 2.15 bits per heavy atom. The first-order valence-corrected chi connectivity index (χ1v) is 6.55. The molecule has 108 valence electrons. The standard InChI is InChI=1S/C13H19N5O2/c1-3-19-11-6-4-5-10(7-8-14)13(11)20-9-12-15-17-18(2)16-12/h4-6H,3,7-9,14H2,1-2H3. The minimum atomic E-state index is 0.246. The average Bonchev–Trinajstić information content (AvgIpc) is 2.84. The van der Waals surface area contributed by atoms with Gasteiger partial charge in [-0.1, -0.05) is 12.1 Å². The van der Waals surface area contributed by atoms with Gasteiger partial charge in [-0.25, -0.2) is 0 Å². The van der Waals surface area contributed by atoms with Crippen molar-refractivity contribution in [1.29, 1.82) is 0 Å². The van der Waals surface area contributed by atoms with Gasteiger partial charge in [0.25, 0.3) is 0 Å². The Kier molecular flexibility index (Phi) is 4.89. The van der Waals surface area contributed by atoms with Gasteiger partial charge in [-0.15, -0.1) is 10.2 Å². The van der Waals surface area contributed by atoms with E-state index in [4.69, 9.17) is 15.2 Å². The monoisotopic (exact) mass is 277 g/mol. The van der Waals surface area contributed by atoms with Gasteiger partial charge in [-0.3, -0.25) is 0 Å². The molecule has 1 heterocycles. The lowest BCUT2D eigenvalue weighted by atomic mass is 10.1. The first kappa shape index (κ1) is 14.3. The summed E-state index contributed by atoms with van der Waals surface area (Å²) in [5.74, 6) is 1.94. The molecule has 0 amide bonds. The van der Waals surface area contributed by atoms with Crippen molar-refractivity contribution in [1.82, 2.24) is 20.2 Å². The van der Waals surface area contributed by atoms with Gasteiger partial charge in [-0.2, -0.15) is 4.80 Å². The highest BCUT2D eigenvalue weighted by Crippen LogP contribution is 2.32. The van der Waals surface area contributed by atoms with Crippen molar-refractivity contribution < 1.29 is 9.47 Å². The normalized spacial score (nSPS) is 10.6. The minimum absolute atomic E-state index is 0.246. The molecule has 0 aliphatic rings. The molecule has 1 aromatic heterocycles. The molecule has 0 fully saturated rings. The van der Waals surface area contributed by atoms with E-state index in [-0.39, 0.29) is 6.61 Å². The van der Waals surface area contributed by atoms with Crippen molar-refractivity contribution in [2.24, 2.45) is 12.8 Å². The Bertz CT molecular complexity index is 531. The second-order valence-corrected chi connectivity index (χ2v) is 4.20. The highest BCUT2D eigenvalue weighted by Gasteiger charge is 2.12. The predicted octanol–water partition coefficient (Wildman–Crippen LogP) is 0.689. The van der Waals surface area contributed by atoms with Gasteiger partial charge in [0, 0.05) is 0 Å². The van der Waals surface area contributed by atoms with Crippen LogP contribution in [0.15, 0.2) is 18.2 Å². The van der Waals surface area contributed by atoms with Gasteiger partial charge >= 0.3 is 0 Å². The van der Waals surface area contributed by atoms with Gasteiger partial charge in [0.2, 0.25) is 5.82 Å². The quantitative estimate of drug-likeness (QED) is 0.801. The molecule has 0 aliphatic heterocycles. The molecule has 0 saturated heterocycles. The van der Waals surface area contributed by atoms with Crippen molar-refractivity contribution in [2.45, 2.75) is 20.0 Å². The van der Waals surface area contributed by atoms with Gasteiger partial charge in [0.15, 0.2) is 18.1 Å². The van der Waals surface area contributed by atoms with Crippen molar-refractivity contribution in [3.63, 3.8) is 0 Å². The zero-order valence-corrected chi connectivity index (χ0v) is 11.7. The third-order valence-electron chi connectivity index (χ3n) is 2.67. The van der Waals surface area contributed by atoms with E-state index in [1.807, 2.05) is 25.1 Å². The second-order valence-electron chi connectivity index (χ2n) is 4.20. The molecule has 7 heteroatoms. The lowest BCUT2D eigenvalue weighted by Gasteiger charge is -2.14. The third-order valence-corrected chi connectivity index (χ3v) is 2.67. The smallest absolute Gasteiger partial charge is 0.212 e. The number of para-hydroxylation sites is 1. The van der Waals surface area contributed by atoms with Crippen molar-refractivity contribution in [3.8, 4) is 11.5 Å². The summed E-state index contributed by atoms with van der Waals surface area (Å²) in [6, 6.07) is 5.79. The fourth-order valence-electron chi connectivity index (χ4n) is 1.86. The molecule has 7 nitrogen and oxygen atoms in total. The molecule has 2 aromatic rings. The van der Waals surface area contributed by atoms with E-state index in [1.54, 1.807) is 7.05 Å². The lowest BCUT2D eigenvalue weighted by molar-refractivity contribution is 0.260. The Morgan fingerprint density at radius 3 is 2.80 bits per heavy atom. The SMILES string of the molecule is CCOc1cccc(CCN)c1OCc1nnn(C)n1. The highest BCUT2D eigenvalue weighted by atomic mass is 16.5. The molecule has 20 heavy (non-hydrogen) atoms. The molecule has 0 unspecified atom stereocenters. The maximum Gasteiger partial charge on any atom is 0.212 e. The van der Waals surface area contributed by atoms with Gasteiger partial charge < -0.3 is 15.2 Å². The van der Waals surface area contributed by atoms with E-state index in [2.05, 4.69) is 15.4 Å². The number of tetrazole rings is 1. The fourth-order valence-corrected chi connectivity index (χ4v) is 1.86. The first-order valence-electron chi connectivity index (χ1n) is 6.55. The van der Waals surface area contributed by atoms with Crippen LogP contribution in [-0.4, -0.2) is 33.4 Å². The van der Waals surface area contributed by atoms with E-state index in [1.165, 1.54) is 4.80 Å². The molecule has 0 radical (unpaired) electrons. The van der Waals surface area contributed by atoms with E-state index < -0.39 is 0 Å². The average molecular weight is 277 g/mol. The van der Waals surface area contributed by atoms with Gasteiger partial charge in [0.05, 0.1) is 13.7 Å². The molecule has 0 bridgehead atoms. The number of aromatic nitrogens is 4. The predicted molar refractivity (Wildman–Crippen MR) is 73.5 cm³/mol. The van der Waals surface area contributed by atoms with Crippen molar-refractivity contribution in [3.05, 3.63) is 29.6 Å². The Balaban J connectivity index is 2.18. The zero-order chi connectivity index (χ0) is 14.4. The van der Waals surface area contributed by atoms with Crippen LogP contribution in [0, 0.1) is 0 Å². The molecule has 0 aliphatic carbocycles. The van der Waals surface area contributed by atoms with Crippen LogP contribution in [0.3, 0.4) is 0 Å². The number of rotatable bonds is 7. The number of benzene rings is 1. The van der Waals surface area contributed by atoms with E-state index in [0.717, 1.165) is 12.0 Å². The summed E-state index contributed by atoms with van der Waals surface area (Å²) in [7, 11) is 1.71. The molecular weight excluding hydrogens is 258 g/mol. The molecule has 0 atom stereocenters. The molecular formula is C13H19N5O2. The Labute approximate surface area is 117 Å². The van der Waals surface area contributed by atoms with Crippen LogP contribution in [0.2, 0.25) is 0 Å². The Morgan fingerprint density at radius 1 is 1.30 bits per heavy atom. The number of nitrogens with two attached hydrogens (primary N) is 1. The third kappa shape index (κ3) is 3.45. The molecule has 2 N–H and O–H groups in total. The van der Waals surface area contributed by atoms with Crippen LogP contribution < -0.4 is 15.2 Å². The maximum atomic E-state index is 5.81. The highest BCUT2D eigenvalue weighted by molar-refractivity contribution is 5.46. The topological polar surface area (TPSA) is 88.1 Å². The molecule has 2 rings (SSSR count). The Hall–Kier alpha value is -2.15. The first-order chi connectivity index (χ1) is 9.74. The number of aryl methyl sites for hydroxylation is 1. The van der Waals surface area contributed by atoms with E-state index in [0.29, 0.717) is 30.5 Å². The summed E-state index contributed by atoms with van der Waals surface area (Å²) in [6.45, 7) is 3.31. The molecule has 0 spiro atoms. The summed E-state index contributed by atoms with van der Waals surface area (Å²) < 4.78 is 11.4. The summed E-state index contributed by atoms with van der Waals surface area (Å²) in [4.78, 5) is 1.40. The number of hydrogen-bond donors (Lipinski definition) is 1. The second kappa shape index (κ2) is 6.85. The van der Waals surface area contributed by atoms with Crippen molar-refractivity contribution >= 4 is 0 Å². The number of ether oxygens (including phenoxy) is 2. The van der Waals surface area contributed by atoms with Crippen molar-refractivity contribution in [2.75, 3.05) is 13.2 Å². The van der Waals surface area contributed by atoms with Gasteiger partial charge in [-0.05, 0) is 36.7 Å². The summed E-state index contributed by atoms with van der Waals surface area (Å²) in [5.41, 5.74) is 6.65. The molecule has 1 aromatic carbocycles. The van der Waals surface area contributed by atoms with Crippen LogP contribution in [0.25, 0.3) is 0 Å².